The zero-order valence-electron chi connectivity index (χ0n) is 10.2. The van der Waals surface area contributed by atoms with Crippen molar-refractivity contribution in [1.82, 2.24) is 4.90 Å². The van der Waals surface area contributed by atoms with E-state index in [2.05, 4.69) is 0 Å². The summed E-state index contributed by atoms with van der Waals surface area (Å²) in [6.45, 7) is 1.74. The van der Waals surface area contributed by atoms with Crippen LogP contribution < -0.4 is 0 Å². The van der Waals surface area contributed by atoms with E-state index in [0.29, 0.717) is 11.1 Å². The molecule has 98 valence electrons. The maximum atomic E-state index is 12.1. The summed E-state index contributed by atoms with van der Waals surface area (Å²) >= 11 is 0. The van der Waals surface area contributed by atoms with E-state index >= 15 is 0 Å². The minimum absolute atomic E-state index is 0.0308. The van der Waals surface area contributed by atoms with Gasteiger partial charge in [-0.2, -0.15) is 0 Å². The molecule has 0 N–H and O–H groups in total. The van der Waals surface area contributed by atoms with Crippen LogP contribution in [0.5, 0.6) is 0 Å². The molecule has 1 fully saturated rings. The third kappa shape index (κ3) is 2.84. The van der Waals surface area contributed by atoms with Crippen LogP contribution in [0.25, 0.3) is 0 Å². The zero-order valence-corrected chi connectivity index (χ0v) is 11.8. The van der Waals surface area contributed by atoms with Gasteiger partial charge in [-0.15, -0.1) is 0 Å². The highest BCUT2D eigenvalue weighted by Gasteiger charge is 2.30. The molecule has 1 aromatic rings. The summed E-state index contributed by atoms with van der Waals surface area (Å²) in [7, 11) is 3.23. The Morgan fingerprint density at radius 1 is 1.33 bits per heavy atom. The molecule has 1 saturated carbocycles. The van der Waals surface area contributed by atoms with Crippen LogP contribution in [-0.4, -0.2) is 32.3 Å². The number of carbonyl (C=O) groups is 1. The van der Waals surface area contributed by atoms with Crippen molar-refractivity contribution in [1.29, 1.82) is 0 Å². The number of aryl methyl sites for hydroxylation is 1. The van der Waals surface area contributed by atoms with Crippen molar-refractivity contribution >= 4 is 25.6 Å². The molecule has 1 aliphatic carbocycles. The average Bonchev–Trinajstić information content (AvgIpc) is 3.08. The van der Waals surface area contributed by atoms with E-state index in [0.717, 1.165) is 12.8 Å². The lowest BCUT2D eigenvalue weighted by molar-refractivity contribution is 0.0784. The van der Waals surface area contributed by atoms with Crippen LogP contribution in [0.3, 0.4) is 0 Å². The summed E-state index contributed by atoms with van der Waals surface area (Å²) in [6, 6.07) is 4.74. The summed E-state index contributed by atoms with van der Waals surface area (Å²) in [6.07, 6.45) is 2.02. The number of benzene rings is 1. The van der Waals surface area contributed by atoms with Gasteiger partial charge in [0, 0.05) is 29.3 Å². The predicted octanol–water partition coefficient (Wildman–Crippen LogP) is 2.16. The maximum absolute atomic E-state index is 12.1. The van der Waals surface area contributed by atoms with E-state index in [1.807, 2.05) is 0 Å². The van der Waals surface area contributed by atoms with Crippen molar-refractivity contribution in [3.05, 3.63) is 29.3 Å². The maximum Gasteiger partial charge on any atom is 0.261 e. The van der Waals surface area contributed by atoms with Crippen molar-refractivity contribution < 1.29 is 13.2 Å². The first-order chi connectivity index (χ1) is 8.29. The molecule has 1 aromatic carbocycles. The van der Waals surface area contributed by atoms with Gasteiger partial charge in [0.05, 0.1) is 4.90 Å². The van der Waals surface area contributed by atoms with Gasteiger partial charge in [0.1, 0.15) is 0 Å². The lowest BCUT2D eigenvalue weighted by atomic mass is 10.1. The summed E-state index contributed by atoms with van der Waals surface area (Å²) in [4.78, 5) is 13.8. The molecule has 0 unspecified atom stereocenters. The molecule has 0 saturated heterocycles. The van der Waals surface area contributed by atoms with Crippen LogP contribution in [0, 0.1) is 6.92 Å². The molecule has 2 rings (SSSR count). The van der Waals surface area contributed by atoms with Crippen molar-refractivity contribution in [2.24, 2.45) is 0 Å². The SMILES string of the molecule is Cc1cc(C(=O)N(C)C2CC2)cc(S(=O)(=O)Cl)c1. The molecular formula is C12H14ClNO3S. The van der Waals surface area contributed by atoms with E-state index in [1.165, 1.54) is 12.1 Å². The fraction of sp³-hybridized carbons (Fsp3) is 0.417. The van der Waals surface area contributed by atoms with E-state index < -0.39 is 9.05 Å². The van der Waals surface area contributed by atoms with E-state index in [4.69, 9.17) is 10.7 Å². The highest BCUT2D eigenvalue weighted by atomic mass is 35.7. The van der Waals surface area contributed by atoms with Gasteiger partial charge in [0.15, 0.2) is 0 Å². The first-order valence-electron chi connectivity index (χ1n) is 5.62. The fourth-order valence-electron chi connectivity index (χ4n) is 1.84. The lowest BCUT2D eigenvalue weighted by Gasteiger charge is -2.16. The van der Waals surface area contributed by atoms with Crippen LogP contribution in [-0.2, 0) is 9.05 Å². The fourth-order valence-corrected chi connectivity index (χ4v) is 2.71. The van der Waals surface area contributed by atoms with Gasteiger partial charge in [0.2, 0.25) is 0 Å². The Bertz CT molecular complexity index is 593. The van der Waals surface area contributed by atoms with Crippen LogP contribution in [0.4, 0.5) is 0 Å². The predicted molar refractivity (Wildman–Crippen MR) is 69.3 cm³/mol. The van der Waals surface area contributed by atoms with Gasteiger partial charge in [-0.3, -0.25) is 4.79 Å². The summed E-state index contributed by atoms with van der Waals surface area (Å²) in [5.41, 5.74) is 1.06. The van der Waals surface area contributed by atoms with Crippen molar-refractivity contribution in [2.45, 2.75) is 30.7 Å². The molecule has 0 aromatic heterocycles. The third-order valence-electron chi connectivity index (χ3n) is 2.99. The van der Waals surface area contributed by atoms with Crippen molar-refractivity contribution in [3.63, 3.8) is 0 Å². The van der Waals surface area contributed by atoms with Crippen molar-refractivity contribution in [3.8, 4) is 0 Å². The third-order valence-corrected chi connectivity index (χ3v) is 4.33. The topological polar surface area (TPSA) is 54.5 Å². The number of amides is 1. The Hall–Kier alpha value is -1.07. The zero-order chi connectivity index (χ0) is 13.5. The Morgan fingerprint density at radius 2 is 1.94 bits per heavy atom. The largest absolute Gasteiger partial charge is 0.339 e. The van der Waals surface area contributed by atoms with Gasteiger partial charge < -0.3 is 4.90 Å². The Balaban J connectivity index is 2.39. The molecule has 0 radical (unpaired) electrons. The molecule has 0 bridgehead atoms. The average molecular weight is 288 g/mol. The minimum Gasteiger partial charge on any atom is -0.339 e. The first-order valence-corrected chi connectivity index (χ1v) is 7.93. The van der Waals surface area contributed by atoms with E-state index in [-0.39, 0.29) is 16.8 Å². The minimum atomic E-state index is -3.81. The highest BCUT2D eigenvalue weighted by Crippen LogP contribution is 2.27. The summed E-state index contributed by atoms with van der Waals surface area (Å²) in [5, 5.41) is 0. The second kappa shape index (κ2) is 4.55. The first kappa shape index (κ1) is 13.4. The van der Waals surface area contributed by atoms with Crippen molar-refractivity contribution in [2.75, 3.05) is 7.05 Å². The number of nitrogens with zero attached hydrogens (tertiary/aromatic N) is 1. The molecule has 1 amide bonds. The smallest absolute Gasteiger partial charge is 0.261 e. The van der Waals surface area contributed by atoms with Gasteiger partial charge in [-0.05, 0) is 43.5 Å². The van der Waals surface area contributed by atoms with Crippen LogP contribution in [0.1, 0.15) is 28.8 Å². The second-order valence-corrected chi connectivity index (χ2v) is 7.19. The number of carbonyl (C=O) groups excluding carboxylic acids is 1. The number of halogens is 1. The van der Waals surface area contributed by atoms with Crippen LogP contribution in [0.2, 0.25) is 0 Å². The van der Waals surface area contributed by atoms with Gasteiger partial charge in [0.25, 0.3) is 15.0 Å². The quantitative estimate of drug-likeness (QED) is 0.801. The monoisotopic (exact) mass is 287 g/mol. The lowest BCUT2D eigenvalue weighted by Crippen LogP contribution is -2.28. The molecule has 18 heavy (non-hydrogen) atoms. The van der Waals surface area contributed by atoms with Gasteiger partial charge in [-0.1, -0.05) is 0 Å². The Labute approximate surface area is 111 Å². The number of rotatable bonds is 3. The standard InChI is InChI=1S/C12H14ClNO3S/c1-8-5-9(7-11(6-8)18(13,16)17)12(15)14(2)10-3-4-10/h5-7,10H,3-4H2,1-2H3. The molecule has 0 atom stereocenters. The molecule has 4 nitrogen and oxygen atoms in total. The van der Waals surface area contributed by atoms with Gasteiger partial charge >= 0.3 is 0 Å². The number of hydrogen-bond acceptors (Lipinski definition) is 3. The second-order valence-electron chi connectivity index (χ2n) is 4.62. The summed E-state index contributed by atoms with van der Waals surface area (Å²) < 4.78 is 22.6. The van der Waals surface area contributed by atoms with Crippen LogP contribution in [0.15, 0.2) is 23.1 Å². The van der Waals surface area contributed by atoms with E-state index in [1.54, 1.807) is 24.9 Å². The van der Waals surface area contributed by atoms with E-state index in [9.17, 15) is 13.2 Å². The Kier molecular flexibility index (Phi) is 3.38. The molecular weight excluding hydrogens is 274 g/mol. The highest BCUT2D eigenvalue weighted by molar-refractivity contribution is 8.13. The number of hydrogen-bond donors (Lipinski definition) is 0. The summed E-state index contributed by atoms with van der Waals surface area (Å²) in [5.74, 6) is -0.164. The Morgan fingerprint density at radius 3 is 2.44 bits per heavy atom. The van der Waals surface area contributed by atoms with Crippen LogP contribution >= 0.6 is 10.7 Å². The molecule has 6 heteroatoms. The molecule has 1 aliphatic rings. The molecule has 0 aliphatic heterocycles. The normalized spacial score (nSPS) is 15.5. The van der Waals surface area contributed by atoms with Gasteiger partial charge in [-0.25, -0.2) is 8.42 Å². The molecule has 0 heterocycles. The molecule has 0 spiro atoms.